The number of pyridine rings is 1. The maximum Gasteiger partial charge on any atom is 0.228 e. The number of nitrogens with one attached hydrogen (secondary N) is 1. The van der Waals surface area contributed by atoms with Gasteiger partial charge in [0.1, 0.15) is 5.82 Å². The van der Waals surface area contributed by atoms with Gasteiger partial charge in [-0.05, 0) is 24.5 Å². The summed E-state index contributed by atoms with van der Waals surface area (Å²) in [6, 6.07) is 3.63. The summed E-state index contributed by atoms with van der Waals surface area (Å²) in [5.41, 5.74) is 0. The molecule has 0 bridgehead atoms. The molecule has 3 nitrogen and oxygen atoms in total. The highest BCUT2D eigenvalue weighted by atomic mass is 79.9. The fourth-order valence-corrected chi connectivity index (χ4v) is 1.71. The lowest BCUT2D eigenvalue weighted by atomic mass is 10.3. The molecule has 14 heavy (non-hydrogen) atoms. The lowest BCUT2D eigenvalue weighted by Gasteiger charge is -2.02. The number of hydrogen-bond donors (Lipinski definition) is 1. The molecular formula is C10H11BrN2O. The van der Waals surface area contributed by atoms with E-state index in [1.165, 1.54) is 0 Å². The van der Waals surface area contributed by atoms with Gasteiger partial charge in [0, 0.05) is 16.6 Å². The molecule has 74 valence electrons. The second kappa shape index (κ2) is 3.69. The quantitative estimate of drug-likeness (QED) is 0.881. The largest absolute Gasteiger partial charge is 0.310 e. The van der Waals surface area contributed by atoms with Crippen LogP contribution in [0.25, 0.3) is 0 Å². The van der Waals surface area contributed by atoms with Gasteiger partial charge in [0.2, 0.25) is 5.91 Å². The van der Waals surface area contributed by atoms with Crippen molar-refractivity contribution < 1.29 is 4.79 Å². The molecule has 1 amide bonds. The van der Waals surface area contributed by atoms with Crippen molar-refractivity contribution in [2.75, 3.05) is 5.32 Å². The van der Waals surface area contributed by atoms with Crippen LogP contribution in [0.1, 0.15) is 13.3 Å². The van der Waals surface area contributed by atoms with Gasteiger partial charge in [-0.1, -0.05) is 22.9 Å². The van der Waals surface area contributed by atoms with Crippen molar-refractivity contribution in [1.29, 1.82) is 0 Å². The number of carbonyl (C=O) groups excluding carboxylic acids is 1. The molecule has 0 saturated heterocycles. The molecule has 0 spiro atoms. The summed E-state index contributed by atoms with van der Waals surface area (Å²) < 4.78 is 0.923. The van der Waals surface area contributed by atoms with Gasteiger partial charge in [-0.3, -0.25) is 4.79 Å². The maximum absolute atomic E-state index is 11.5. The lowest BCUT2D eigenvalue weighted by molar-refractivity contribution is -0.117. The van der Waals surface area contributed by atoms with Crippen molar-refractivity contribution >= 4 is 27.7 Å². The number of aromatic nitrogens is 1. The molecule has 1 fully saturated rings. The van der Waals surface area contributed by atoms with Crippen LogP contribution >= 0.6 is 15.9 Å². The van der Waals surface area contributed by atoms with Crippen LogP contribution in [-0.4, -0.2) is 10.9 Å². The number of amides is 1. The monoisotopic (exact) mass is 254 g/mol. The van der Waals surface area contributed by atoms with E-state index < -0.39 is 0 Å². The molecule has 0 radical (unpaired) electrons. The first-order chi connectivity index (χ1) is 6.66. The molecule has 2 atom stereocenters. The normalized spacial score (nSPS) is 24.4. The lowest BCUT2D eigenvalue weighted by Crippen LogP contribution is -2.15. The summed E-state index contributed by atoms with van der Waals surface area (Å²) in [4.78, 5) is 15.6. The third kappa shape index (κ3) is 2.12. The fourth-order valence-electron chi connectivity index (χ4n) is 1.38. The third-order valence-corrected chi connectivity index (χ3v) is 2.91. The Bertz CT molecular complexity index is 367. The third-order valence-electron chi connectivity index (χ3n) is 2.42. The minimum atomic E-state index is 0.0862. The van der Waals surface area contributed by atoms with Crippen molar-refractivity contribution in [1.82, 2.24) is 4.98 Å². The summed E-state index contributed by atoms with van der Waals surface area (Å²) in [5, 5.41) is 2.80. The molecule has 0 unspecified atom stereocenters. The molecule has 1 saturated carbocycles. The first-order valence-electron chi connectivity index (χ1n) is 4.59. The Morgan fingerprint density at radius 2 is 2.43 bits per heavy atom. The minimum absolute atomic E-state index is 0.0862. The first-order valence-corrected chi connectivity index (χ1v) is 5.38. The van der Waals surface area contributed by atoms with E-state index in [1.807, 2.05) is 6.07 Å². The van der Waals surface area contributed by atoms with Crippen molar-refractivity contribution in [3.8, 4) is 0 Å². The van der Waals surface area contributed by atoms with Crippen LogP contribution in [0.2, 0.25) is 0 Å². The van der Waals surface area contributed by atoms with Gasteiger partial charge >= 0.3 is 0 Å². The molecular weight excluding hydrogens is 244 g/mol. The molecule has 4 heteroatoms. The van der Waals surface area contributed by atoms with Crippen LogP contribution in [0.3, 0.4) is 0 Å². The summed E-state index contributed by atoms with van der Waals surface area (Å²) in [5.74, 6) is 1.42. The highest BCUT2D eigenvalue weighted by molar-refractivity contribution is 9.10. The zero-order valence-electron chi connectivity index (χ0n) is 7.83. The molecule has 0 aromatic carbocycles. The van der Waals surface area contributed by atoms with Gasteiger partial charge in [0.15, 0.2) is 0 Å². The van der Waals surface area contributed by atoms with Crippen LogP contribution < -0.4 is 5.32 Å². The van der Waals surface area contributed by atoms with E-state index in [4.69, 9.17) is 0 Å². The Labute approximate surface area is 91.0 Å². The minimum Gasteiger partial charge on any atom is -0.310 e. The summed E-state index contributed by atoms with van der Waals surface area (Å²) in [6.07, 6.45) is 2.66. The molecule has 1 N–H and O–H groups in total. The van der Waals surface area contributed by atoms with E-state index in [2.05, 4.69) is 33.2 Å². The summed E-state index contributed by atoms with van der Waals surface area (Å²) >= 11 is 3.33. The van der Waals surface area contributed by atoms with Crippen LogP contribution in [0.5, 0.6) is 0 Å². The van der Waals surface area contributed by atoms with E-state index >= 15 is 0 Å². The molecule has 1 aliphatic rings. The number of carbonyl (C=O) groups is 1. The van der Waals surface area contributed by atoms with E-state index in [0.29, 0.717) is 11.7 Å². The molecule has 1 aromatic heterocycles. The van der Waals surface area contributed by atoms with Crippen LogP contribution in [-0.2, 0) is 4.79 Å². The topological polar surface area (TPSA) is 42.0 Å². The molecule has 2 rings (SSSR count). The predicted molar refractivity (Wildman–Crippen MR) is 57.8 cm³/mol. The highest BCUT2D eigenvalue weighted by Crippen LogP contribution is 2.38. The van der Waals surface area contributed by atoms with E-state index in [9.17, 15) is 4.79 Å². The fraction of sp³-hybridized carbons (Fsp3) is 0.400. The Morgan fingerprint density at radius 1 is 1.71 bits per heavy atom. The van der Waals surface area contributed by atoms with E-state index in [1.54, 1.807) is 12.3 Å². The van der Waals surface area contributed by atoms with E-state index in [0.717, 1.165) is 10.9 Å². The number of halogens is 1. The highest BCUT2D eigenvalue weighted by Gasteiger charge is 2.39. The Hall–Kier alpha value is -0.900. The second-order valence-electron chi connectivity index (χ2n) is 3.67. The van der Waals surface area contributed by atoms with Crippen molar-refractivity contribution in [2.45, 2.75) is 13.3 Å². The molecule has 1 aliphatic carbocycles. The van der Waals surface area contributed by atoms with Crippen LogP contribution in [0, 0.1) is 11.8 Å². The average molecular weight is 255 g/mol. The Morgan fingerprint density at radius 3 is 3.00 bits per heavy atom. The van der Waals surface area contributed by atoms with Gasteiger partial charge < -0.3 is 5.32 Å². The van der Waals surface area contributed by atoms with Crippen molar-refractivity contribution in [3.05, 3.63) is 22.8 Å². The average Bonchev–Trinajstić information content (AvgIpc) is 2.82. The summed E-state index contributed by atoms with van der Waals surface area (Å²) in [7, 11) is 0. The zero-order valence-corrected chi connectivity index (χ0v) is 9.41. The van der Waals surface area contributed by atoms with Gasteiger partial charge in [0.05, 0.1) is 0 Å². The van der Waals surface area contributed by atoms with Gasteiger partial charge in [0.25, 0.3) is 0 Å². The first kappa shape index (κ1) is 9.65. The standard InChI is InChI=1S/C10H11BrN2O/c1-6-4-8(6)10(14)13-9-5-7(11)2-3-12-9/h2-3,5-6,8H,4H2,1H3,(H,12,13,14)/t6-,8-/m0/s1. The van der Waals surface area contributed by atoms with Crippen LogP contribution in [0.15, 0.2) is 22.8 Å². The number of nitrogens with zero attached hydrogens (tertiary/aromatic N) is 1. The van der Waals surface area contributed by atoms with Crippen LogP contribution in [0.4, 0.5) is 5.82 Å². The van der Waals surface area contributed by atoms with E-state index in [-0.39, 0.29) is 11.8 Å². The molecule has 1 heterocycles. The van der Waals surface area contributed by atoms with Gasteiger partial charge in [-0.2, -0.15) is 0 Å². The SMILES string of the molecule is C[C@H]1C[C@@H]1C(=O)Nc1cc(Br)ccn1. The predicted octanol–water partition coefficient (Wildman–Crippen LogP) is 2.44. The number of rotatable bonds is 2. The molecule has 1 aromatic rings. The maximum atomic E-state index is 11.5. The summed E-state index contributed by atoms with van der Waals surface area (Å²) in [6.45, 7) is 2.08. The molecule has 0 aliphatic heterocycles. The van der Waals surface area contributed by atoms with Crippen molar-refractivity contribution in [3.63, 3.8) is 0 Å². The second-order valence-corrected chi connectivity index (χ2v) is 4.58. The van der Waals surface area contributed by atoms with Gasteiger partial charge in [-0.15, -0.1) is 0 Å². The van der Waals surface area contributed by atoms with Crippen molar-refractivity contribution in [2.24, 2.45) is 11.8 Å². The smallest absolute Gasteiger partial charge is 0.228 e. The Balaban J connectivity index is 2.00. The number of hydrogen-bond acceptors (Lipinski definition) is 2. The zero-order chi connectivity index (χ0) is 10.1. The Kier molecular flexibility index (Phi) is 2.54. The van der Waals surface area contributed by atoms with Gasteiger partial charge in [-0.25, -0.2) is 4.98 Å². The number of anilines is 1.